The first kappa shape index (κ1) is 23.5. The molecule has 1 aliphatic carbocycles. The van der Waals surface area contributed by atoms with E-state index in [0.717, 1.165) is 29.3 Å². The second-order valence-corrected chi connectivity index (χ2v) is 10.0. The van der Waals surface area contributed by atoms with Crippen LogP contribution >= 0.6 is 0 Å². The molecule has 0 bridgehead atoms. The lowest BCUT2D eigenvalue weighted by Gasteiger charge is -2.11. The summed E-state index contributed by atoms with van der Waals surface area (Å²) in [7, 11) is 0. The number of H-pyrrole nitrogens is 2. The standard InChI is InChI=1S/C29H26FN9/c30-25-24-22(16-35-26(25)19-9-18(12-32-13-19)11-31-10-17-5-1-2-6-17)38-39-28(24)29-36-23-15-33-14-20(27(23)37-29)21-7-3-4-8-34-21/h3-4,7-9,12-17,31H,1-2,5-6,10-11H2,(H,36,37)(H,38,39). The zero-order valence-electron chi connectivity index (χ0n) is 21.2. The molecule has 6 aromatic rings. The van der Waals surface area contributed by atoms with E-state index >= 15 is 4.39 Å². The maximum Gasteiger partial charge on any atom is 0.161 e. The second-order valence-electron chi connectivity index (χ2n) is 10.0. The number of nitrogens with zero attached hydrogens (tertiary/aromatic N) is 6. The Hall–Kier alpha value is -4.57. The smallest absolute Gasteiger partial charge is 0.161 e. The SMILES string of the molecule is Fc1c(-c2cncc(CNCC3CCCC3)c2)ncc2[nH]nc(-c3nc4c(-c5ccccn5)cncc4[nH]3)c12. The minimum Gasteiger partial charge on any atom is -0.335 e. The van der Waals surface area contributed by atoms with Gasteiger partial charge in [-0.25, -0.2) is 9.37 Å². The lowest BCUT2D eigenvalue weighted by molar-refractivity contribution is 0.489. The van der Waals surface area contributed by atoms with Crippen LogP contribution in [0.3, 0.4) is 0 Å². The first-order chi connectivity index (χ1) is 19.2. The molecule has 9 nitrogen and oxygen atoms in total. The second kappa shape index (κ2) is 9.95. The van der Waals surface area contributed by atoms with Gasteiger partial charge in [0.1, 0.15) is 16.9 Å². The predicted octanol–water partition coefficient (Wildman–Crippen LogP) is 5.44. The van der Waals surface area contributed by atoms with Gasteiger partial charge in [0.2, 0.25) is 0 Å². The zero-order valence-corrected chi connectivity index (χ0v) is 21.2. The number of hydrogen-bond acceptors (Lipinski definition) is 7. The fourth-order valence-electron chi connectivity index (χ4n) is 5.45. The Labute approximate surface area is 223 Å². The van der Waals surface area contributed by atoms with Crippen molar-refractivity contribution in [2.75, 3.05) is 6.54 Å². The number of rotatable bonds is 7. The highest BCUT2D eigenvalue weighted by Crippen LogP contribution is 2.34. The molecular formula is C29H26FN9. The molecule has 1 aliphatic rings. The summed E-state index contributed by atoms with van der Waals surface area (Å²) < 4.78 is 16.1. The molecule has 10 heteroatoms. The van der Waals surface area contributed by atoms with E-state index in [1.165, 1.54) is 25.7 Å². The van der Waals surface area contributed by atoms with Gasteiger partial charge in [0, 0.05) is 42.5 Å². The van der Waals surface area contributed by atoms with Crippen LogP contribution in [0.2, 0.25) is 0 Å². The van der Waals surface area contributed by atoms with Crippen molar-refractivity contribution in [3.05, 3.63) is 72.8 Å². The molecule has 1 saturated carbocycles. The fourth-order valence-corrected chi connectivity index (χ4v) is 5.45. The summed E-state index contributed by atoms with van der Waals surface area (Å²) >= 11 is 0. The number of aromatic nitrogens is 8. The molecule has 6 aromatic heterocycles. The van der Waals surface area contributed by atoms with Gasteiger partial charge < -0.3 is 10.3 Å². The molecule has 7 rings (SSSR count). The van der Waals surface area contributed by atoms with E-state index in [2.05, 4.69) is 40.4 Å². The van der Waals surface area contributed by atoms with Crippen molar-refractivity contribution in [1.29, 1.82) is 0 Å². The molecule has 1 fully saturated rings. The number of halogens is 1. The third-order valence-corrected chi connectivity index (χ3v) is 7.41. The first-order valence-corrected chi connectivity index (χ1v) is 13.2. The zero-order chi connectivity index (χ0) is 26.2. The van der Waals surface area contributed by atoms with Gasteiger partial charge in [-0.3, -0.25) is 25.0 Å². The highest BCUT2D eigenvalue weighted by Gasteiger charge is 2.22. The summed E-state index contributed by atoms with van der Waals surface area (Å²) in [6, 6.07) is 7.61. The van der Waals surface area contributed by atoms with Gasteiger partial charge >= 0.3 is 0 Å². The summed E-state index contributed by atoms with van der Waals surface area (Å²) in [6.07, 6.45) is 15.4. The highest BCUT2D eigenvalue weighted by molar-refractivity contribution is 5.97. The molecule has 0 unspecified atom stereocenters. The van der Waals surface area contributed by atoms with E-state index in [1.807, 2.05) is 30.5 Å². The quantitative estimate of drug-likeness (QED) is 0.257. The molecule has 194 valence electrons. The van der Waals surface area contributed by atoms with Crippen LogP contribution in [-0.4, -0.2) is 46.6 Å². The molecule has 0 spiro atoms. The fraction of sp³-hybridized carbons (Fsp3) is 0.241. The Morgan fingerprint density at radius 2 is 1.85 bits per heavy atom. The van der Waals surface area contributed by atoms with Crippen molar-refractivity contribution < 1.29 is 4.39 Å². The Morgan fingerprint density at radius 3 is 2.72 bits per heavy atom. The Bertz CT molecular complexity index is 1770. The van der Waals surface area contributed by atoms with Crippen molar-refractivity contribution in [2.45, 2.75) is 32.2 Å². The van der Waals surface area contributed by atoms with Crippen molar-refractivity contribution >= 4 is 21.9 Å². The normalized spacial score (nSPS) is 14.1. The predicted molar refractivity (Wildman–Crippen MR) is 147 cm³/mol. The molecular weight excluding hydrogens is 493 g/mol. The van der Waals surface area contributed by atoms with E-state index in [4.69, 9.17) is 4.98 Å². The molecule has 0 amide bonds. The minimum absolute atomic E-state index is 0.224. The van der Waals surface area contributed by atoms with E-state index in [0.29, 0.717) is 45.6 Å². The van der Waals surface area contributed by atoms with Gasteiger partial charge in [-0.05, 0) is 49.1 Å². The van der Waals surface area contributed by atoms with Crippen LogP contribution in [-0.2, 0) is 6.54 Å². The topological polar surface area (TPSA) is 121 Å². The summed E-state index contributed by atoms with van der Waals surface area (Å²) in [5.41, 5.74) is 5.62. The van der Waals surface area contributed by atoms with Crippen LogP contribution in [0.25, 0.3) is 56.0 Å². The maximum absolute atomic E-state index is 16.1. The Kier molecular flexibility index (Phi) is 6.01. The highest BCUT2D eigenvalue weighted by atomic mass is 19.1. The van der Waals surface area contributed by atoms with Gasteiger partial charge in [0.05, 0.1) is 34.5 Å². The molecule has 0 radical (unpaired) electrons. The van der Waals surface area contributed by atoms with Crippen molar-refractivity contribution in [3.63, 3.8) is 0 Å². The molecule has 39 heavy (non-hydrogen) atoms. The summed E-state index contributed by atoms with van der Waals surface area (Å²) in [5.74, 6) is 0.703. The maximum atomic E-state index is 16.1. The molecule has 6 heterocycles. The largest absolute Gasteiger partial charge is 0.335 e. The van der Waals surface area contributed by atoms with E-state index < -0.39 is 5.82 Å². The molecule has 0 saturated heterocycles. The van der Waals surface area contributed by atoms with Crippen LogP contribution in [0.4, 0.5) is 4.39 Å². The van der Waals surface area contributed by atoms with Crippen molar-refractivity contribution in [3.8, 4) is 34.0 Å². The monoisotopic (exact) mass is 519 g/mol. The van der Waals surface area contributed by atoms with Gasteiger partial charge in [-0.1, -0.05) is 18.9 Å². The number of fused-ring (bicyclic) bond motifs is 2. The molecule has 0 atom stereocenters. The van der Waals surface area contributed by atoms with Crippen LogP contribution in [0.1, 0.15) is 31.2 Å². The van der Waals surface area contributed by atoms with E-state index in [-0.39, 0.29) is 5.69 Å². The summed E-state index contributed by atoms with van der Waals surface area (Å²) in [4.78, 5) is 25.6. The number of nitrogens with one attached hydrogen (secondary N) is 3. The summed E-state index contributed by atoms with van der Waals surface area (Å²) in [5, 5.41) is 11.1. The van der Waals surface area contributed by atoms with Crippen LogP contribution < -0.4 is 5.32 Å². The number of hydrogen-bond donors (Lipinski definition) is 3. The number of pyridine rings is 4. The third-order valence-electron chi connectivity index (χ3n) is 7.41. The van der Waals surface area contributed by atoms with Crippen molar-refractivity contribution in [2.24, 2.45) is 5.92 Å². The van der Waals surface area contributed by atoms with E-state index in [9.17, 15) is 0 Å². The summed E-state index contributed by atoms with van der Waals surface area (Å²) in [6.45, 7) is 1.68. The lowest BCUT2D eigenvalue weighted by Crippen LogP contribution is -2.20. The Morgan fingerprint density at radius 1 is 0.949 bits per heavy atom. The van der Waals surface area contributed by atoms with Gasteiger partial charge in [-0.15, -0.1) is 0 Å². The van der Waals surface area contributed by atoms with Crippen molar-refractivity contribution in [1.82, 2.24) is 45.4 Å². The molecule has 0 aliphatic heterocycles. The number of aromatic amines is 2. The van der Waals surface area contributed by atoms with Gasteiger partial charge in [-0.2, -0.15) is 5.10 Å². The minimum atomic E-state index is -0.474. The molecule has 0 aromatic carbocycles. The number of imidazole rings is 1. The van der Waals surface area contributed by atoms with Crippen LogP contribution in [0.5, 0.6) is 0 Å². The van der Waals surface area contributed by atoms with E-state index in [1.54, 1.807) is 31.0 Å². The van der Waals surface area contributed by atoms with Crippen LogP contribution in [0.15, 0.2) is 61.4 Å². The molecule has 3 N–H and O–H groups in total. The average molecular weight is 520 g/mol. The van der Waals surface area contributed by atoms with Gasteiger partial charge in [0.25, 0.3) is 0 Å². The third kappa shape index (κ3) is 4.42. The lowest BCUT2D eigenvalue weighted by atomic mass is 10.1. The Balaban J connectivity index is 1.24. The first-order valence-electron chi connectivity index (χ1n) is 13.2. The van der Waals surface area contributed by atoms with Gasteiger partial charge in [0.15, 0.2) is 11.6 Å². The van der Waals surface area contributed by atoms with Crippen LogP contribution in [0, 0.1) is 11.7 Å². The average Bonchev–Trinajstić information content (AvgIpc) is 3.73.